The third-order valence-electron chi connectivity index (χ3n) is 3.18. The summed E-state index contributed by atoms with van der Waals surface area (Å²) in [6.45, 7) is 2.72. The van der Waals surface area contributed by atoms with Crippen LogP contribution in [0.1, 0.15) is 30.1 Å². The third-order valence-corrected chi connectivity index (χ3v) is 3.18. The van der Waals surface area contributed by atoms with Crippen LogP contribution >= 0.6 is 0 Å². The summed E-state index contributed by atoms with van der Waals surface area (Å²) in [6.07, 6.45) is 2.20. The maximum atomic E-state index is 11.7. The quantitative estimate of drug-likeness (QED) is 0.600. The van der Waals surface area contributed by atoms with Crippen LogP contribution in [0.3, 0.4) is 0 Å². The second-order valence-corrected chi connectivity index (χ2v) is 4.64. The first-order valence-electron chi connectivity index (χ1n) is 6.61. The molecule has 0 saturated heterocycles. The number of anilines is 2. The average molecular weight is 264 g/mol. The van der Waals surface area contributed by atoms with Gasteiger partial charge in [-0.1, -0.05) is 0 Å². The van der Waals surface area contributed by atoms with Crippen molar-refractivity contribution in [3.63, 3.8) is 0 Å². The summed E-state index contributed by atoms with van der Waals surface area (Å²) in [5.41, 5.74) is 7.91. The first kappa shape index (κ1) is 13.7. The number of hydrogen-bond acceptors (Lipinski definition) is 5. The highest BCUT2D eigenvalue weighted by Crippen LogP contribution is 2.35. The highest BCUT2D eigenvalue weighted by molar-refractivity contribution is 5.92. The molecule has 3 N–H and O–H groups in total. The van der Waals surface area contributed by atoms with Gasteiger partial charge in [0, 0.05) is 12.6 Å². The van der Waals surface area contributed by atoms with Crippen LogP contribution in [0.25, 0.3) is 0 Å². The van der Waals surface area contributed by atoms with Gasteiger partial charge >= 0.3 is 5.97 Å². The van der Waals surface area contributed by atoms with Crippen molar-refractivity contribution < 1.29 is 14.6 Å². The fourth-order valence-corrected chi connectivity index (χ4v) is 2.13. The zero-order chi connectivity index (χ0) is 13.8. The van der Waals surface area contributed by atoms with Gasteiger partial charge in [-0.15, -0.1) is 0 Å². The lowest BCUT2D eigenvalue weighted by Crippen LogP contribution is -2.29. The lowest BCUT2D eigenvalue weighted by molar-refractivity contribution is 0.0526. The summed E-state index contributed by atoms with van der Waals surface area (Å²) in [7, 11) is 0. The lowest BCUT2D eigenvalue weighted by atomic mass is 10.1. The van der Waals surface area contributed by atoms with E-state index in [9.17, 15) is 4.79 Å². The topological polar surface area (TPSA) is 75.8 Å². The minimum Gasteiger partial charge on any atom is -0.462 e. The van der Waals surface area contributed by atoms with Gasteiger partial charge in [0.2, 0.25) is 0 Å². The Morgan fingerprint density at radius 1 is 1.53 bits per heavy atom. The molecule has 104 valence electrons. The van der Waals surface area contributed by atoms with Crippen molar-refractivity contribution in [1.82, 2.24) is 0 Å². The van der Waals surface area contributed by atoms with Crippen molar-refractivity contribution in [3.05, 3.63) is 23.8 Å². The number of benzene rings is 1. The van der Waals surface area contributed by atoms with Crippen LogP contribution in [0.15, 0.2) is 18.2 Å². The smallest absolute Gasteiger partial charge is 0.338 e. The van der Waals surface area contributed by atoms with Gasteiger partial charge in [-0.3, -0.25) is 0 Å². The fourth-order valence-electron chi connectivity index (χ4n) is 2.13. The molecule has 2 rings (SSSR count). The molecule has 0 amide bonds. The predicted octanol–water partition coefficient (Wildman–Crippen LogP) is 1.41. The molecule has 1 aliphatic carbocycles. The van der Waals surface area contributed by atoms with Crippen LogP contribution in [-0.2, 0) is 4.74 Å². The highest BCUT2D eigenvalue weighted by atomic mass is 16.5. The molecule has 5 heteroatoms. The zero-order valence-corrected chi connectivity index (χ0v) is 11.1. The maximum absolute atomic E-state index is 11.7. The summed E-state index contributed by atoms with van der Waals surface area (Å²) in [4.78, 5) is 13.8. The fraction of sp³-hybridized carbons (Fsp3) is 0.500. The molecule has 0 radical (unpaired) electrons. The minimum absolute atomic E-state index is 0.0690. The molecular formula is C14H20N2O3. The van der Waals surface area contributed by atoms with Gasteiger partial charge in [0.05, 0.1) is 30.2 Å². The van der Waals surface area contributed by atoms with Crippen LogP contribution in [0.2, 0.25) is 0 Å². The van der Waals surface area contributed by atoms with Gasteiger partial charge in [0.15, 0.2) is 0 Å². The number of aliphatic hydroxyl groups excluding tert-OH is 1. The molecule has 0 heterocycles. The van der Waals surface area contributed by atoms with Gasteiger partial charge in [-0.05, 0) is 38.0 Å². The number of nitrogens with two attached hydrogens (primary N) is 1. The van der Waals surface area contributed by atoms with E-state index >= 15 is 0 Å². The van der Waals surface area contributed by atoms with Gasteiger partial charge in [0.1, 0.15) is 0 Å². The Morgan fingerprint density at radius 3 is 2.84 bits per heavy atom. The Balaban J connectivity index is 2.27. The molecule has 0 unspecified atom stereocenters. The lowest BCUT2D eigenvalue weighted by Gasteiger charge is -2.25. The van der Waals surface area contributed by atoms with E-state index in [1.807, 2.05) is 0 Å². The highest BCUT2D eigenvalue weighted by Gasteiger charge is 2.30. The monoisotopic (exact) mass is 264 g/mol. The van der Waals surface area contributed by atoms with E-state index in [0.717, 1.165) is 18.5 Å². The molecular weight excluding hydrogens is 244 g/mol. The average Bonchev–Trinajstić information content (AvgIpc) is 3.21. The van der Waals surface area contributed by atoms with Crippen LogP contribution in [0.5, 0.6) is 0 Å². The normalized spacial score (nSPS) is 14.2. The van der Waals surface area contributed by atoms with Crippen molar-refractivity contribution in [2.45, 2.75) is 25.8 Å². The Hall–Kier alpha value is -1.75. The largest absolute Gasteiger partial charge is 0.462 e. The number of rotatable bonds is 6. The molecule has 0 spiro atoms. The van der Waals surface area contributed by atoms with Gasteiger partial charge < -0.3 is 20.5 Å². The molecule has 0 bridgehead atoms. The number of ether oxygens (including phenoxy) is 1. The number of hydrogen-bond donors (Lipinski definition) is 2. The van der Waals surface area contributed by atoms with Crippen LogP contribution in [-0.4, -0.2) is 36.9 Å². The van der Waals surface area contributed by atoms with Gasteiger partial charge in [-0.25, -0.2) is 4.79 Å². The number of nitrogen functional groups attached to an aromatic ring is 1. The molecule has 1 aliphatic rings. The molecule has 1 aromatic rings. The molecule has 0 atom stereocenters. The maximum Gasteiger partial charge on any atom is 0.338 e. The molecule has 0 aliphatic heterocycles. The summed E-state index contributed by atoms with van der Waals surface area (Å²) in [5, 5.41) is 9.15. The SMILES string of the molecule is CCOC(=O)c1ccc(N)c(N(CCO)C2CC2)c1. The molecule has 1 saturated carbocycles. The Kier molecular flexibility index (Phi) is 4.27. The third kappa shape index (κ3) is 3.17. The zero-order valence-electron chi connectivity index (χ0n) is 11.1. The van der Waals surface area contributed by atoms with E-state index in [1.165, 1.54) is 0 Å². The number of aliphatic hydroxyl groups is 1. The van der Waals surface area contributed by atoms with Crippen molar-refractivity contribution in [2.75, 3.05) is 30.4 Å². The summed E-state index contributed by atoms with van der Waals surface area (Å²) in [5.74, 6) is -0.344. The first-order valence-corrected chi connectivity index (χ1v) is 6.61. The van der Waals surface area contributed by atoms with Crippen molar-refractivity contribution in [2.24, 2.45) is 0 Å². The number of carbonyl (C=O) groups excluding carboxylic acids is 1. The van der Waals surface area contributed by atoms with Crippen LogP contribution in [0, 0.1) is 0 Å². The van der Waals surface area contributed by atoms with E-state index in [1.54, 1.807) is 25.1 Å². The summed E-state index contributed by atoms with van der Waals surface area (Å²) >= 11 is 0. The number of carbonyl (C=O) groups is 1. The first-order chi connectivity index (χ1) is 9.17. The van der Waals surface area contributed by atoms with Crippen LogP contribution < -0.4 is 10.6 Å². The van der Waals surface area contributed by atoms with E-state index in [4.69, 9.17) is 15.6 Å². The van der Waals surface area contributed by atoms with E-state index in [-0.39, 0.29) is 12.6 Å². The van der Waals surface area contributed by atoms with Crippen molar-refractivity contribution in [1.29, 1.82) is 0 Å². The number of esters is 1. The van der Waals surface area contributed by atoms with Crippen LogP contribution in [0.4, 0.5) is 11.4 Å². The van der Waals surface area contributed by atoms with E-state index < -0.39 is 0 Å². The second-order valence-electron chi connectivity index (χ2n) is 4.64. The molecule has 1 aromatic carbocycles. The number of nitrogens with zero attached hydrogens (tertiary/aromatic N) is 1. The van der Waals surface area contributed by atoms with Crippen molar-refractivity contribution >= 4 is 17.3 Å². The molecule has 19 heavy (non-hydrogen) atoms. The molecule has 0 aromatic heterocycles. The standard InChI is InChI=1S/C14H20N2O3/c1-2-19-14(18)10-3-6-12(15)13(9-10)16(7-8-17)11-4-5-11/h3,6,9,11,17H,2,4-5,7-8,15H2,1H3. The Morgan fingerprint density at radius 2 is 2.26 bits per heavy atom. The Bertz CT molecular complexity index is 458. The van der Waals surface area contributed by atoms with E-state index in [0.29, 0.717) is 30.4 Å². The Labute approximate surface area is 113 Å². The summed E-state index contributed by atoms with van der Waals surface area (Å²) in [6, 6.07) is 5.56. The molecule has 1 fully saturated rings. The summed E-state index contributed by atoms with van der Waals surface area (Å²) < 4.78 is 4.99. The van der Waals surface area contributed by atoms with Gasteiger partial charge in [0.25, 0.3) is 0 Å². The van der Waals surface area contributed by atoms with Crippen molar-refractivity contribution in [3.8, 4) is 0 Å². The second kappa shape index (κ2) is 5.93. The predicted molar refractivity (Wildman–Crippen MR) is 74.3 cm³/mol. The minimum atomic E-state index is -0.344. The molecule has 5 nitrogen and oxygen atoms in total. The van der Waals surface area contributed by atoms with E-state index in [2.05, 4.69) is 4.90 Å². The van der Waals surface area contributed by atoms with Gasteiger partial charge in [-0.2, -0.15) is 0 Å².